The summed E-state index contributed by atoms with van der Waals surface area (Å²) < 4.78 is 114. The van der Waals surface area contributed by atoms with E-state index in [9.17, 15) is 31.1 Å². The zero-order valence-corrected chi connectivity index (χ0v) is 19.6. The summed E-state index contributed by atoms with van der Waals surface area (Å²) in [6.07, 6.45) is -10.8. The van der Waals surface area contributed by atoms with Crippen molar-refractivity contribution in [3.05, 3.63) is 70.8 Å². The molecule has 1 heterocycles. The second-order valence-corrected chi connectivity index (χ2v) is 9.80. The van der Waals surface area contributed by atoms with Gasteiger partial charge in [0.15, 0.2) is 0 Å². The molecule has 1 N–H and O–H groups in total. The Labute approximate surface area is 202 Å². The minimum Gasteiger partial charge on any atom is -0.460 e. The second-order valence-electron chi connectivity index (χ2n) is 9.80. The molecule has 2 aromatic rings. The first-order chi connectivity index (χ1) is 16.4. The van der Waals surface area contributed by atoms with Crippen molar-refractivity contribution in [1.82, 2.24) is 5.32 Å². The number of nitrogens with one attached hydrogen (secondary N) is 1. The van der Waals surface area contributed by atoms with Crippen molar-refractivity contribution >= 4 is 5.97 Å². The molecule has 1 unspecified atom stereocenters. The standard InChI is InChI=1S/C25H25F8NO2/c1-22(2,3)36-20(35)12-18-21(15-6-10-17(11-7-15)25(31,32)33)34-19(13-23(18,26)27)14-4-8-16(9-5-14)24(28,29)30/h4-11,18-19,21,34H,12-13H2,1-3H3/t18-,19+,21?/m1/s1. The molecule has 36 heavy (non-hydrogen) atoms. The van der Waals surface area contributed by atoms with Gasteiger partial charge in [-0.15, -0.1) is 0 Å². The topological polar surface area (TPSA) is 38.3 Å². The number of alkyl halides is 8. The van der Waals surface area contributed by atoms with E-state index in [4.69, 9.17) is 4.74 Å². The highest BCUT2D eigenvalue weighted by Gasteiger charge is 2.52. The van der Waals surface area contributed by atoms with Gasteiger partial charge in [0.1, 0.15) is 5.60 Å². The van der Waals surface area contributed by atoms with Crippen LogP contribution in [0.15, 0.2) is 48.5 Å². The molecule has 3 nitrogen and oxygen atoms in total. The summed E-state index contributed by atoms with van der Waals surface area (Å²) in [5.74, 6) is -6.07. The summed E-state index contributed by atoms with van der Waals surface area (Å²) >= 11 is 0. The van der Waals surface area contributed by atoms with Crippen molar-refractivity contribution in [3.8, 4) is 0 Å². The molecule has 0 bridgehead atoms. The van der Waals surface area contributed by atoms with E-state index in [1.54, 1.807) is 20.8 Å². The van der Waals surface area contributed by atoms with Gasteiger partial charge < -0.3 is 10.1 Å². The Kier molecular flexibility index (Phi) is 7.47. The van der Waals surface area contributed by atoms with Gasteiger partial charge in [-0.3, -0.25) is 4.79 Å². The van der Waals surface area contributed by atoms with Crippen molar-refractivity contribution in [2.24, 2.45) is 5.92 Å². The highest BCUT2D eigenvalue weighted by molar-refractivity contribution is 5.70. The fourth-order valence-electron chi connectivity index (χ4n) is 4.22. The number of rotatable bonds is 4. The predicted octanol–water partition coefficient (Wildman–Crippen LogP) is 7.48. The Balaban J connectivity index is 1.97. The molecule has 3 atom stereocenters. The average molecular weight is 523 g/mol. The molecule has 198 valence electrons. The van der Waals surface area contributed by atoms with Crippen molar-refractivity contribution < 1.29 is 44.7 Å². The molecule has 3 rings (SSSR count). The van der Waals surface area contributed by atoms with E-state index in [1.165, 1.54) is 0 Å². The molecule has 1 aliphatic heterocycles. The summed E-state index contributed by atoms with van der Waals surface area (Å²) in [5.41, 5.74) is -2.64. The smallest absolute Gasteiger partial charge is 0.416 e. The van der Waals surface area contributed by atoms with E-state index in [1.807, 2.05) is 0 Å². The van der Waals surface area contributed by atoms with Crippen LogP contribution in [0.5, 0.6) is 0 Å². The van der Waals surface area contributed by atoms with Gasteiger partial charge in [-0.1, -0.05) is 24.3 Å². The maximum atomic E-state index is 15.5. The first-order valence-corrected chi connectivity index (χ1v) is 11.1. The summed E-state index contributed by atoms with van der Waals surface area (Å²) in [5, 5.41) is 2.93. The van der Waals surface area contributed by atoms with E-state index in [2.05, 4.69) is 5.32 Å². The zero-order valence-electron chi connectivity index (χ0n) is 19.6. The maximum absolute atomic E-state index is 15.5. The summed E-state index contributed by atoms with van der Waals surface area (Å²) in [6, 6.07) is 4.90. The second kappa shape index (κ2) is 9.64. The molecule has 0 spiro atoms. The lowest BCUT2D eigenvalue weighted by molar-refractivity contribution is -0.166. The number of piperidine rings is 1. The van der Waals surface area contributed by atoms with Gasteiger partial charge >= 0.3 is 18.3 Å². The fourth-order valence-corrected chi connectivity index (χ4v) is 4.22. The van der Waals surface area contributed by atoms with Crippen LogP contribution in [-0.4, -0.2) is 17.5 Å². The molecule has 1 fully saturated rings. The summed E-state index contributed by atoms with van der Waals surface area (Å²) in [7, 11) is 0. The molecule has 0 aromatic heterocycles. The normalized spacial score (nSPS) is 22.8. The van der Waals surface area contributed by atoms with Crippen molar-refractivity contribution in [3.63, 3.8) is 0 Å². The van der Waals surface area contributed by atoms with Gasteiger partial charge in [-0.05, 0) is 56.2 Å². The minimum absolute atomic E-state index is 0.0767. The quantitative estimate of drug-likeness (QED) is 0.334. The molecule has 0 radical (unpaired) electrons. The highest BCUT2D eigenvalue weighted by Crippen LogP contribution is 2.48. The lowest BCUT2D eigenvalue weighted by atomic mass is 9.77. The van der Waals surface area contributed by atoms with Gasteiger partial charge in [0, 0.05) is 18.5 Å². The molecule has 11 heteroatoms. The van der Waals surface area contributed by atoms with Gasteiger partial charge in [0.25, 0.3) is 5.92 Å². The number of carbonyl (C=O) groups excluding carboxylic acids is 1. The van der Waals surface area contributed by atoms with Crippen LogP contribution in [0.2, 0.25) is 0 Å². The SMILES string of the molecule is CC(C)(C)OC(=O)C[C@@H]1C(c2ccc(C(F)(F)F)cc2)N[C@H](c2ccc(C(F)(F)F)cc2)CC1(F)F. The van der Waals surface area contributed by atoms with E-state index in [-0.39, 0.29) is 11.1 Å². The molecule has 2 aromatic carbocycles. The van der Waals surface area contributed by atoms with Crippen molar-refractivity contribution in [2.45, 2.75) is 69.6 Å². The monoisotopic (exact) mass is 523 g/mol. The first-order valence-electron chi connectivity index (χ1n) is 11.1. The van der Waals surface area contributed by atoms with Crippen LogP contribution in [0.4, 0.5) is 35.1 Å². The van der Waals surface area contributed by atoms with Crippen molar-refractivity contribution in [2.75, 3.05) is 0 Å². The van der Waals surface area contributed by atoms with E-state index < -0.39 is 71.8 Å². The largest absolute Gasteiger partial charge is 0.460 e. The van der Waals surface area contributed by atoms with Crippen LogP contribution >= 0.6 is 0 Å². The maximum Gasteiger partial charge on any atom is 0.416 e. The third-order valence-electron chi connectivity index (χ3n) is 5.85. The number of ether oxygens (including phenoxy) is 1. The van der Waals surface area contributed by atoms with E-state index in [0.29, 0.717) is 0 Å². The molecular formula is C25H25F8NO2. The Morgan fingerprint density at radius 2 is 1.31 bits per heavy atom. The van der Waals surface area contributed by atoms with Crippen LogP contribution in [0, 0.1) is 5.92 Å². The summed E-state index contributed by atoms with van der Waals surface area (Å²) in [4.78, 5) is 12.4. The number of hydrogen-bond acceptors (Lipinski definition) is 3. The number of halogens is 8. The first kappa shape index (κ1) is 27.9. The fraction of sp³-hybridized carbons (Fsp3) is 0.480. The van der Waals surface area contributed by atoms with Gasteiger partial charge in [-0.25, -0.2) is 8.78 Å². The Morgan fingerprint density at radius 3 is 1.72 bits per heavy atom. The molecule has 0 saturated carbocycles. The Morgan fingerprint density at radius 1 is 0.861 bits per heavy atom. The summed E-state index contributed by atoms with van der Waals surface area (Å²) in [6.45, 7) is 4.70. The number of hydrogen-bond donors (Lipinski definition) is 1. The van der Waals surface area contributed by atoms with Crippen LogP contribution in [0.25, 0.3) is 0 Å². The number of esters is 1. The number of carbonyl (C=O) groups is 1. The lowest BCUT2D eigenvalue weighted by Gasteiger charge is -2.43. The van der Waals surface area contributed by atoms with Crippen LogP contribution in [0.1, 0.15) is 68.0 Å². The molecule has 1 saturated heterocycles. The van der Waals surface area contributed by atoms with Crippen molar-refractivity contribution in [1.29, 1.82) is 0 Å². The Bertz CT molecular complexity index is 1050. The third-order valence-corrected chi connectivity index (χ3v) is 5.85. The average Bonchev–Trinajstić information content (AvgIpc) is 2.72. The molecule has 0 aliphatic carbocycles. The predicted molar refractivity (Wildman–Crippen MR) is 115 cm³/mol. The van der Waals surface area contributed by atoms with Crippen LogP contribution in [-0.2, 0) is 21.9 Å². The lowest BCUT2D eigenvalue weighted by Crippen LogP contribution is -2.49. The highest BCUT2D eigenvalue weighted by atomic mass is 19.4. The molecule has 0 amide bonds. The number of benzene rings is 2. The van der Waals surface area contributed by atoms with E-state index in [0.717, 1.165) is 48.5 Å². The van der Waals surface area contributed by atoms with Gasteiger partial charge in [-0.2, -0.15) is 26.3 Å². The van der Waals surface area contributed by atoms with Crippen LogP contribution in [0.3, 0.4) is 0 Å². The molecular weight excluding hydrogens is 498 g/mol. The zero-order chi connectivity index (χ0) is 27.1. The third kappa shape index (κ3) is 6.74. The van der Waals surface area contributed by atoms with Crippen LogP contribution < -0.4 is 5.32 Å². The van der Waals surface area contributed by atoms with Gasteiger partial charge in [0.05, 0.1) is 23.5 Å². The van der Waals surface area contributed by atoms with E-state index >= 15 is 8.78 Å². The molecule has 1 aliphatic rings. The minimum atomic E-state index is -4.64. The Hall–Kier alpha value is -2.69. The van der Waals surface area contributed by atoms with Gasteiger partial charge in [0.2, 0.25) is 0 Å².